The van der Waals surface area contributed by atoms with Crippen molar-refractivity contribution in [3.8, 4) is 5.75 Å². The normalized spacial score (nSPS) is 23.7. The summed E-state index contributed by atoms with van der Waals surface area (Å²) < 4.78 is 6.41. The Balaban J connectivity index is 1.08. The fraction of sp³-hybridized carbons (Fsp3) is 0.351. The van der Waals surface area contributed by atoms with Crippen LogP contribution < -0.4 is 4.74 Å². The van der Waals surface area contributed by atoms with E-state index in [1.54, 1.807) is 0 Å². The van der Waals surface area contributed by atoms with E-state index in [9.17, 15) is 9.90 Å². The molecular weight excluding hydrogens is 556 g/mol. The quantitative estimate of drug-likeness (QED) is 0.351. The Morgan fingerprint density at radius 3 is 2.88 bits per heavy atom. The standard InChI is InChI=1S/C37H37ClN2O3/c1-21(2)30-16-26(38)17-31-35-25(7-6-9-33(35)39-36(30)31)20-43-27-13-14-28-22(3)24(12-11-23(28)15-27)18-40-19-32(37(41)42)29-8-4-5-10-34(29)40/h4-7,9-10,13-17,21,29-30,32H,8,11-12,18-20H2,1-3H3,(H,41,42). The molecular formula is C37H37ClN2O3. The van der Waals surface area contributed by atoms with Crippen molar-refractivity contribution < 1.29 is 14.6 Å². The van der Waals surface area contributed by atoms with Crippen molar-refractivity contribution in [2.75, 3.05) is 13.1 Å². The van der Waals surface area contributed by atoms with E-state index in [1.165, 1.54) is 28.0 Å². The molecule has 1 saturated heterocycles. The van der Waals surface area contributed by atoms with Crippen molar-refractivity contribution in [1.82, 2.24) is 4.90 Å². The predicted octanol–water partition coefficient (Wildman–Crippen LogP) is 8.34. The van der Waals surface area contributed by atoms with Gasteiger partial charge < -0.3 is 14.7 Å². The number of rotatable bonds is 7. The smallest absolute Gasteiger partial charge is 0.308 e. The van der Waals surface area contributed by atoms with Crippen LogP contribution in [0.3, 0.4) is 0 Å². The van der Waals surface area contributed by atoms with Crippen LogP contribution in [0.25, 0.3) is 11.1 Å². The van der Waals surface area contributed by atoms with Crippen LogP contribution in [0.15, 0.2) is 88.1 Å². The number of allylic oxidation sites excluding steroid dienone is 9. The number of aliphatic carboxylic acids is 1. The molecule has 3 atom stereocenters. The molecule has 3 unspecified atom stereocenters. The number of ether oxygens (including phenoxy) is 1. The van der Waals surface area contributed by atoms with E-state index < -0.39 is 5.97 Å². The molecule has 0 bridgehead atoms. The van der Waals surface area contributed by atoms with Crippen molar-refractivity contribution in [2.24, 2.45) is 28.7 Å². The predicted molar refractivity (Wildman–Crippen MR) is 173 cm³/mol. The van der Waals surface area contributed by atoms with Crippen molar-refractivity contribution in [3.63, 3.8) is 0 Å². The zero-order valence-corrected chi connectivity index (χ0v) is 25.7. The molecule has 0 aromatic heterocycles. The van der Waals surface area contributed by atoms with Gasteiger partial charge in [0, 0.05) is 46.8 Å². The summed E-state index contributed by atoms with van der Waals surface area (Å²) in [6.07, 6.45) is 13.2. The van der Waals surface area contributed by atoms with Crippen LogP contribution in [0.4, 0.5) is 5.69 Å². The van der Waals surface area contributed by atoms with E-state index in [0.29, 0.717) is 19.1 Å². The van der Waals surface area contributed by atoms with E-state index in [-0.39, 0.29) is 17.8 Å². The third-order valence-corrected chi connectivity index (χ3v) is 10.0. The number of aliphatic imine (C=N–C) groups is 1. The molecule has 6 heteroatoms. The van der Waals surface area contributed by atoms with Crippen LogP contribution in [-0.4, -0.2) is 34.8 Å². The van der Waals surface area contributed by atoms with Crippen LogP contribution in [0.5, 0.6) is 5.75 Å². The van der Waals surface area contributed by atoms with Gasteiger partial charge in [0.1, 0.15) is 12.4 Å². The van der Waals surface area contributed by atoms with Crippen molar-refractivity contribution >= 4 is 40.1 Å². The molecule has 7 rings (SSSR count). The minimum atomic E-state index is -0.690. The van der Waals surface area contributed by atoms with Crippen LogP contribution in [0.1, 0.15) is 55.9 Å². The van der Waals surface area contributed by atoms with Crippen molar-refractivity contribution in [3.05, 3.63) is 105 Å². The number of nitrogens with zero attached hydrogens (tertiary/aromatic N) is 2. The minimum absolute atomic E-state index is 0.0856. The van der Waals surface area contributed by atoms with E-state index in [4.69, 9.17) is 21.3 Å². The van der Waals surface area contributed by atoms with E-state index >= 15 is 0 Å². The Kier molecular flexibility index (Phi) is 7.17. The number of hydrogen-bond donors (Lipinski definition) is 1. The summed E-state index contributed by atoms with van der Waals surface area (Å²) in [5.41, 5.74) is 11.9. The maximum Gasteiger partial charge on any atom is 0.308 e. The highest BCUT2D eigenvalue weighted by Crippen LogP contribution is 2.45. The summed E-state index contributed by atoms with van der Waals surface area (Å²) in [6, 6.07) is 12.7. The highest BCUT2D eigenvalue weighted by molar-refractivity contribution is 6.38. The fourth-order valence-electron chi connectivity index (χ4n) is 7.48. The molecule has 2 aromatic rings. The molecule has 2 aromatic carbocycles. The SMILES string of the molecule is CC1=C(CN2CC(C(=O)O)C3CC=CC=C32)CCc2cc(OCc3cccc4c3C3=CC(Cl)=CC(C(C)C)C3=N4)ccc21. The van der Waals surface area contributed by atoms with Gasteiger partial charge in [-0.15, -0.1) is 0 Å². The topological polar surface area (TPSA) is 62.1 Å². The number of likely N-dealkylation sites (tertiary alicyclic amines) is 1. The summed E-state index contributed by atoms with van der Waals surface area (Å²) in [6.45, 7) is 8.46. The molecule has 1 N–H and O–H groups in total. The zero-order chi connectivity index (χ0) is 29.8. The lowest BCUT2D eigenvalue weighted by Crippen LogP contribution is -2.26. The second-order valence-electron chi connectivity index (χ2n) is 12.7. The largest absolute Gasteiger partial charge is 0.489 e. The summed E-state index contributed by atoms with van der Waals surface area (Å²) >= 11 is 6.56. The number of carboxylic acids is 1. The molecule has 3 aliphatic carbocycles. The first-order chi connectivity index (χ1) is 20.8. The van der Waals surface area contributed by atoms with Gasteiger partial charge in [0.05, 0.1) is 17.3 Å². The van der Waals surface area contributed by atoms with Gasteiger partial charge in [-0.2, -0.15) is 0 Å². The van der Waals surface area contributed by atoms with Gasteiger partial charge in [0.2, 0.25) is 0 Å². The molecule has 0 amide bonds. The first-order valence-corrected chi connectivity index (χ1v) is 15.8. The van der Waals surface area contributed by atoms with Crippen molar-refractivity contribution in [2.45, 2.75) is 46.6 Å². The molecule has 2 aliphatic heterocycles. The second kappa shape index (κ2) is 11.0. The van der Waals surface area contributed by atoms with Gasteiger partial charge in [0.25, 0.3) is 0 Å². The number of fused-ring (bicyclic) bond motifs is 5. The molecule has 0 saturated carbocycles. The third-order valence-electron chi connectivity index (χ3n) is 9.81. The summed E-state index contributed by atoms with van der Waals surface area (Å²) in [4.78, 5) is 19.3. The van der Waals surface area contributed by atoms with Gasteiger partial charge in [-0.25, -0.2) is 0 Å². The molecule has 220 valence electrons. The Labute approximate surface area is 258 Å². The first kappa shape index (κ1) is 28.0. The number of halogens is 1. The molecule has 1 fully saturated rings. The highest BCUT2D eigenvalue weighted by atomic mass is 35.5. The first-order valence-electron chi connectivity index (χ1n) is 15.4. The van der Waals surface area contributed by atoms with E-state index in [2.05, 4.69) is 86.4 Å². The molecule has 0 radical (unpaired) electrons. The highest BCUT2D eigenvalue weighted by Gasteiger charge is 2.41. The van der Waals surface area contributed by atoms with Gasteiger partial charge in [-0.1, -0.05) is 61.9 Å². The van der Waals surface area contributed by atoms with Crippen molar-refractivity contribution in [1.29, 1.82) is 0 Å². The summed E-state index contributed by atoms with van der Waals surface area (Å²) in [5.74, 6) is 0.545. The summed E-state index contributed by atoms with van der Waals surface area (Å²) in [5, 5.41) is 10.6. The molecule has 5 nitrogen and oxygen atoms in total. The van der Waals surface area contributed by atoms with Crippen LogP contribution in [-0.2, 0) is 17.8 Å². The lowest BCUT2D eigenvalue weighted by molar-refractivity contribution is -0.142. The number of carboxylic acid groups (broad SMARTS) is 1. The zero-order valence-electron chi connectivity index (χ0n) is 24.9. The number of hydrogen-bond acceptors (Lipinski definition) is 4. The van der Waals surface area contributed by atoms with Crippen LogP contribution in [0.2, 0.25) is 0 Å². The Morgan fingerprint density at radius 2 is 2.07 bits per heavy atom. The maximum atomic E-state index is 11.9. The Hall–Kier alpha value is -3.83. The number of benzene rings is 2. The molecule has 0 spiro atoms. The Morgan fingerprint density at radius 1 is 1.21 bits per heavy atom. The van der Waals surface area contributed by atoms with E-state index in [0.717, 1.165) is 64.7 Å². The maximum absolute atomic E-state index is 11.9. The number of aryl methyl sites for hydroxylation is 1. The fourth-order valence-corrected chi connectivity index (χ4v) is 7.73. The van der Waals surface area contributed by atoms with Crippen LogP contribution in [0, 0.1) is 23.7 Å². The molecule has 2 heterocycles. The van der Waals surface area contributed by atoms with E-state index in [1.807, 2.05) is 6.08 Å². The van der Waals surface area contributed by atoms with Gasteiger partial charge >= 0.3 is 5.97 Å². The average molecular weight is 593 g/mol. The minimum Gasteiger partial charge on any atom is -0.489 e. The number of carbonyl (C=O) groups is 1. The molecule has 43 heavy (non-hydrogen) atoms. The van der Waals surface area contributed by atoms with Gasteiger partial charge in [-0.3, -0.25) is 9.79 Å². The molecule has 5 aliphatic rings. The Bertz CT molecular complexity index is 1710. The van der Waals surface area contributed by atoms with Crippen LogP contribution >= 0.6 is 11.6 Å². The average Bonchev–Trinajstić information content (AvgIpc) is 3.56. The lowest BCUT2D eigenvalue weighted by atomic mass is 9.82. The van der Waals surface area contributed by atoms with Gasteiger partial charge in [0.15, 0.2) is 0 Å². The second-order valence-corrected chi connectivity index (χ2v) is 13.1. The third kappa shape index (κ3) is 4.98. The summed E-state index contributed by atoms with van der Waals surface area (Å²) in [7, 11) is 0. The van der Waals surface area contributed by atoms with Gasteiger partial charge in [-0.05, 0) is 90.3 Å². The lowest BCUT2D eigenvalue weighted by Gasteiger charge is -2.28. The monoisotopic (exact) mass is 592 g/mol.